The first kappa shape index (κ1) is 30.8. The molecule has 4 rings (SSSR count). The molecule has 3 saturated carbocycles. The van der Waals surface area contributed by atoms with Crippen LogP contribution in [0.3, 0.4) is 0 Å². The minimum atomic E-state index is -3.91. The third-order valence-electron chi connectivity index (χ3n) is 11.8. The zero-order valence-electron chi connectivity index (χ0n) is 25.8. The second-order valence-corrected chi connectivity index (χ2v) is 17.7. The molecule has 6 heteroatoms. The SMILES string of the molecule is CC(C)CCC[C@@H](C)[C@H]1CC[C@H]2[C@@H]3CC=C4C[C@@H](O)CC(P(=O)(O)OCC[N+](C)(C)C)[C@]4(C)[C@H]3CC[C@]12C. The van der Waals surface area contributed by atoms with E-state index < -0.39 is 19.4 Å². The van der Waals surface area contributed by atoms with Gasteiger partial charge in [-0.15, -0.1) is 0 Å². The Morgan fingerprint density at radius 2 is 1.82 bits per heavy atom. The van der Waals surface area contributed by atoms with Crippen LogP contribution in [0.5, 0.6) is 0 Å². The molecule has 3 fully saturated rings. The molecule has 4 aliphatic carbocycles. The van der Waals surface area contributed by atoms with Gasteiger partial charge in [0.05, 0.1) is 32.9 Å². The van der Waals surface area contributed by atoms with Crippen LogP contribution in [0.4, 0.5) is 0 Å². The molecule has 0 aliphatic heterocycles. The van der Waals surface area contributed by atoms with Gasteiger partial charge in [-0.1, -0.05) is 65.5 Å². The Balaban J connectivity index is 1.56. The van der Waals surface area contributed by atoms with Gasteiger partial charge in [0, 0.05) is 5.41 Å². The molecular formula is C32H59NO4P+. The Morgan fingerprint density at radius 3 is 2.47 bits per heavy atom. The maximum atomic E-state index is 13.9. The van der Waals surface area contributed by atoms with E-state index in [-0.39, 0.29) is 12.0 Å². The second kappa shape index (κ2) is 11.2. The summed E-state index contributed by atoms with van der Waals surface area (Å²) in [5.74, 6) is 4.02. The van der Waals surface area contributed by atoms with Gasteiger partial charge in [-0.3, -0.25) is 4.57 Å². The fraction of sp³-hybridized carbons (Fsp3) is 0.938. The third kappa shape index (κ3) is 5.89. The molecule has 0 amide bonds. The van der Waals surface area contributed by atoms with E-state index in [0.29, 0.717) is 47.0 Å². The molecule has 2 N–H and O–H groups in total. The van der Waals surface area contributed by atoms with E-state index in [1.165, 1.54) is 44.1 Å². The predicted octanol–water partition coefficient (Wildman–Crippen LogP) is 7.28. The van der Waals surface area contributed by atoms with Crippen LogP contribution in [0.15, 0.2) is 11.6 Å². The van der Waals surface area contributed by atoms with Crippen molar-refractivity contribution in [2.75, 3.05) is 34.3 Å². The zero-order chi connectivity index (χ0) is 28.1. The molecule has 0 aromatic rings. The third-order valence-corrected chi connectivity index (χ3v) is 13.9. The fourth-order valence-electron chi connectivity index (χ4n) is 9.73. The summed E-state index contributed by atoms with van der Waals surface area (Å²) in [7, 11) is 2.30. The van der Waals surface area contributed by atoms with E-state index >= 15 is 0 Å². The summed E-state index contributed by atoms with van der Waals surface area (Å²) in [4.78, 5) is 11.4. The molecule has 220 valence electrons. The largest absolute Gasteiger partial charge is 0.393 e. The van der Waals surface area contributed by atoms with Crippen molar-refractivity contribution in [3.05, 3.63) is 11.6 Å². The summed E-state index contributed by atoms with van der Waals surface area (Å²) in [6.45, 7) is 13.0. The number of fused-ring (bicyclic) bond motifs is 5. The topological polar surface area (TPSA) is 66.8 Å². The van der Waals surface area contributed by atoms with Gasteiger partial charge in [0.25, 0.3) is 0 Å². The van der Waals surface area contributed by atoms with Gasteiger partial charge >= 0.3 is 7.60 Å². The predicted molar refractivity (Wildman–Crippen MR) is 157 cm³/mol. The highest BCUT2D eigenvalue weighted by Gasteiger charge is 2.63. The Labute approximate surface area is 233 Å². The van der Waals surface area contributed by atoms with E-state index in [0.717, 1.165) is 30.6 Å². The van der Waals surface area contributed by atoms with Gasteiger partial charge < -0.3 is 19.0 Å². The summed E-state index contributed by atoms with van der Waals surface area (Å²) in [6.07, 6.45) is 12.9. The van der Waals surface area contributed by atoms with Crippen LogP contribution in [0.2, 0.25) is 0 Å². The molecule has 0 heterocycles. The van der Waals surface area contributed by atoms with Gasteiger partial charge in [-0.25, -0.2) is 0 Å². The average molecular weight is 553 g/mol. The molecule has 5 nitrogen and oxygen atoms in total. The van der Waals surface area contributed by atoms with E-state index in [1.807, 2.05) is 0 Å². The lowest BCUT2D eigenvalue weighted by molar-refractivity contribution is -0.870. The van der Waals surface area contributed by atoms with Crippen LogP contribution < -0.4 is 0 Å². The molecule has 4 aliphatic rings. The highest BCUT2D eigenvalue weighted by molar-refractivity contribution is 7.53. The standard InChI is InChI=1S/C32H58NO4P/c1-22(2)10-9-11-23(3)27-14-15-28-26-13-12-24-20-25(34)21-30(38(35,36)37-19-18-33(6,7)8)32(24,5)29(26)16-17-31(27,28)4/h12,22-23,25-30,34H,9-11,13-21H2,1-8H3/p+1/t23-,25-,26+,27-,28+,29+,30?,31-,32+/m1/s1. The number of hydrogen-bond acceptors (Lipinski definition) is 3. The molecule has 38 heavy (non-hydrogen) atoms. The number of hydrogen-bond donors (Lipinski definition) is 2. The normalized spacial score (nSPS) is 41.6. The van der Waals surface area contributed by atoms with Crippen LogP contribution in [0, 0.1) is 46.3 Å². The van der Waals surface area contributed by atoms with Crippen LogP contribution in [0.25, 0.3) is 0 Å². The number of nitrogens with zero attached hydrogens (tertiary/aromatic N) is 1. The molecule has 0 bridgehead atoms. The van der Waals surface area contributed by atoms with Crippen molar-refractivity contribution >= 4 is 7.60 Å². The Hall–Kier alpha value is -0.190. The summed E-state index contributed by atoms with van der Waals surface area (Å²) in [5.41, 5.74) is 0.716. The minimum Gasteiger partial charge on any atom is -0.393 e. The van der Waals surface area contributed by atoms with Crippen LogP contribution in [0.1, 0.15) is 98.8 Å². The van der Waals surface area contributed by atoms with Crippen molar-refractivity contribution in [3.8, 4) is 0 Å². The fourth-order valence-corrected chi connectivity index (χ4v) is 11.8. The highest BCUT2D eigenvalue weighted by atomic mass is 31.2. The van der Waals surface area contributed by atoms with Crippen molar-refractivity contribution in [2.24, 2.45) is 46.3 Å². The van der Waals surface area contributed by atoms with Crippen LogP contribution >= 0.6 is 7.60 Å². The molecule has 0 aromatic heterocycles. The number of quaternary nitrogens is 1. The molecule has 0 spiro atoms. The summed E-state index contributed by atoms with van der Waals surface area (Å²) in [6, 6.07) is 0. The summed E-state index contributed by atoms with van der Waals surface area (Å²) in [5, 5.41) is 10.8. The highest BCUT2D eigenvalue weighted by Crippen LogP contribution is 2.71. The van der Waals surface area contributed by atoms with Crippen molar-refractivity contribution < 1.29 is 23.6 Å². The lowest BCUT2D eigenvalue weighted by Crippen LogP contribution is -2.55. The number of rotatable bonds is 10. The lowest BCUT2D eigenvalue weighted by atomic mass is 9.46. The van der Waals surface area contributed by atoms with Crippen LogP contribution in [-0.2, 0) is 9.09 Å². The molecule has 0 saturated heterocycles. The zero-order valence-corrected chi connectivity index (χ0v) is 26.7. The van der Waals surface area contributed by atoms with E-state index in [9.17, 15) is 14.6 Å². The van der Waals surface area contributed by atoms with Gasteiger partial charge in [0.2, 0.25) is 0 Å². The summed E-state index contributed by atoms with van der Waals surface area (Å²) >= 11 is 0. The van der Waals surface area contributed by atoms with Crippen molar-refractivity contribution in [2.45, 2.75) is 111 Å². The molecule has 10 atom stereocenters. The van der Waals surface area contributed by atoms with Crippen molar-refractivity contribution in [3.63, 3.8) is 0 Å². The van der Waals surface area contributed by atoms with E-state index in [1.54, 1.807) is 0 Å². The number of aliphatic hydroxyl groups is 1. The Bertz CT molecular complexity index is 912. The molecular weight excluding hydrogens is 493 g/mol. The molecule has 0 radical (unpaired) electrons. The average Bonchev–Trinajstić information content (AvgIpc) is 3.15. The number of likely N-dealkylation sites (N-methyl/N-ethyl adjacent to an activating group) is 1. The second-order valence-electron chi connectivity index (χ2n) is 15.7. The lowest BCUT2D eigenvalue weighted by Gasteiger charge is -2.60. The van der Waals surface area contributed by atoms with Crippen molar-refractivity contribution in [1.29, 1.82) is 0 Å². The Kier molecular flexibility index (Phi) is 9.10. The first-order valence-corrected chi connectivity index (χ1v) is 17.4. The van der Waals surface area contributed by atoms with Crippen LogP contribution in [-0.4, -0.2) is 60.5 Å². The first-order valence-electron chi connectivity index (χ1n) is 15.7. The summed E-state index contributed by atoms with van der Waals surface area (Å²) < 4.78 is 20.4. The van der Waals surface area contributed by atoms with Gasteiger partial charge in [-0.2, -0.15) is 0 Å². The van der Waals surface area contributed by atoms with Gasteiger partial charge in [0.1, 0.15) is 13.2 Å². The smallest absolute Gasteiger partial charge is 0.332 e. The molecule has 0 aromatic carbocycles. The minimum absolute atomic E-state index is 0.268. The Morgan fingerprint density at radius 1 is 1.11 bits per heavy atom. The monoisotopic (exact) mass is 552 g/mol. The quantitative estimate of drug-likeness (QED) is 0.170. The van der Waals surface area contributed by atoms with E-state index in [4.69, 9.17) is 4.52 Å². The van der Waals surface area contributed by atoms with Gasteiger partial charge in [0.15, 0.2) is 0 Å². The van der Waals surface area contributed by atoms with E-state index in [2.05, 4.69) is 61.8 Å². The van der Waals surface area contributed by atoms with Gasteiger partial charge in [-0.05, 0) is 85.9 Å². The number of aliphatic hydroxyl groups excluding tert-OH is 1. The maximum Gasteiger partial charge on any atom is 0.332 e. The maximum absolute atomic E-state index is 13.9. The first-order chi connectivity index (χ1) is 17.6. The van der Waals surface area contributed by atoms with Crippen molar-refractivity contribution in [1.82, 2.24) is 0 Å². The number of allylic oxidation sites excluding steroid dienone is 1. The molecule has 2 unspecified atom stereocenters.